The van der Waals surface area contributed by atoms with E-state index in [0.29, 0.717) is 13.0 Å². The molecule has 0 aliphatic heterocycles. The molecule has 19 heavy (non-hydrogen) atoms. The van der Waals surface area contributed by atoms with Gasteiger partial charge in [-0.1, -0.05) is 13.0 Å². The predicted octanol–water partition coefficient (Wildman–Crippen LogP) is 1.48. The van der Waals surface area contributed by atoms with E-state index in [0.717, 1.165) is 12.0 Å². The Kier molecular flexibility index (Phi) is 6.29. The zero-order chi connectivity index (χ0) is 14.3. The fraction of sp³-hybridized carbons (Fsp3) is 0.500. The molecule has 1 unspecified atom stereocenters. The van der Waals surface area contributed by atoms with Crippen molar-refractivity contribution in [3.8, 4) is 5.75 Å². The lowest BCUT2D eigenvalue weighted by Gasteiger charge is -2.15. The number of nitrogens with two attached hydrogens (primary N) is 1. The summed E-state index contributed by atoms with van der Waals surface area (Å²) < 4.78 is 18.4. The Labute approximate surface area is 113 Å². The molecule has 0 aromatic heterocycles. The molecule has 0 bridgehead atoms. The summed E-state index contributed by atoms with van der Waals surface area (Å²) >= 11 is 0. The van der Waals surface area contributed by atoms with Gasteiger partial charge in [-0.25, -0.2) is 4.39 Å². The average molecular weight is 268 g/mol. The maximum absolute atomic E-state index is 13.6. The molecule has 1 atom stereocenters. The third-order valence-electron chi connectivity index (χ3n) is 2.90. The summed E-state index contributed by atoms with van der Waals surface area (Å²) in [5.74, 6) is -0.645. The third kappa shape index (κ3) is 4.52. The van der Waals surface area contributed by atoms with Crippen LogP contribution >= 0.6 is 0 Å². The Bertz CT molecular complexity index is 424. The predicted molar refractivity (Wildman–Crippen MR) is 72.5 cm³/mol. The van der Waals surface area contributed by atoms with Crippen LogP contribution in [0.15, 0.2) is 18.2 Å². The first-order valence-corrected chi connectivity index (χ1v) is 6.42. The quantitative estimate of drug-likeness (QED) is 0.787. The van der Waals surface area contributed by atoms with Crippen molar-refractivity contribution >= 4 is 5.91 Å². The molecule has 0 aliphatic carbocycles. The van der Waals surface area contributed by atoms with Crippen molar-refractivity contribution in [1.82, 2.24) is 5.32 Å². The fourth-order valence-electron chi connectivity index (χ4n) is 1.80. The Morgan fingerprint density at radius 2 is 2.26 bits per heavy atom. The fourth-order valence-corrected chi connectivity index (χ4v) is 1.80. The number of rotatable bonds is 7. The van der Waals surface area contributed by atoms with Gasteiger partial charge in [0.2, 0.25) is 5.91 Å². The van der Waals surface area contributed by atoms with Gasteiger partial charge < -0.3 is 15.8 Å². The maximum atomic E-state index is 13.6. The standard InChI is InChI=1S/C14H21FN2O2/c1-3-6-17-14(18)11(9-16)7-10-4-5-13(19-2)12(15)8-10/h4-5,8,11H,3,6-7,9,16H2,1-2H3,(H,17,18). The SMILES string of the molecule is CCCNC(=O)C(CN)Cc1ccc(OC)c(F)c1. The van der Waals surface area contributed by atoms with Crippen LogP contribution in [0.2, 0.25) is 0 Å². The van der Waals surface area contributed by atoms with Crippen LogP contribution in [-0.2, 0) is 11.2 Å². The largest absolute Gasteiger partial charge is 0.494 e. The topological polar surface area (TPSA) is 64.4 Å². The molecule has 1 aromatic carbocycles. The minimum atomic E-state index is -0.426. The van der Waals surface area contributed by atoms with Gasteiger partial charge in [-0.3, -0.25) is 4.79 Å². The van der Waals surface area contributed by atoms with Crippen LogP contribution < -0.4 is 15.8 Å². The zero-order valence-electron chi connectivity index (χ0n) is 11.4. The monoisotopic (exact) mass is 268 g/mol. The summed E-state index contributed by atoms with van der Waals surface area (Å²) in [6.07, 6.45) is 1.30. The number of hydrogen-bond acceptors (Lipinski definition) is 3. The van der Waals surface area contributed by atoms with Crippen LogP contribution in [0.1, 0.15) is 18.9 Å². The van der Waals surface area contributed by atoms with E-state index in [1.807, 2.05) is 6.92 Å². The Morgan fingerprint density at radius 3 is 2.79 bits per heavy atom. The van der Waals surface area contributed by atoms with Gasteiger partial charge in [0.1, 0.15) is 0 Å². The molecule has 1 rings (SSSR count). The van der Waals surface area contributed by atoms with Gasteiger partial charge in [-0.05, 0) is 30.5 Å². The van der Waals surface area contributed by atoms with E-state index < -0.39 is 5.82 Å². The summed E-state index contributed by atoms with van der Waals surface area (Å²) in [6.45, 7) is 2.85. The average Bonchev–Trinajstić information content (AvgIpc) is 2.42. The number of methoxy groups -OCH3 is 1. The first kappa shape index (κ1) is 15.4. The van der Waals surface area contributed by atoms with Crippen molar-refractivity contribution in [1.29, 1.82) is 0 Å². The van der Waals surface area contributed by atoms with Crippen molar-refractivity contribution in [2.75, 3.05) is 20.2 Å². The lowest BCUT2D eigenvalue weighted by molar-refractivity contribution is -0.124. The molecule has 0 saturated heterocycles. The maximum Gasteiger partial charge on any atom is 0.224 e. The number of benzene rings is 1. The minimum absolute atomic E-state index is 0.0828. The van der Waals surface area contributed by atoms with Gasteiger partial charge in [0.25, 0.3) is 0 Å². The second-order valence-electron chi connectivity index (χ2n) is 4.40. The van der Waals surface area contributed by atoms with Gasteiger partial charge in [-0.2, -0.15) is 0 Å². The summed E-state index contributed by atoms with van der Waals surface area (Å²) in [4.78, 5) is 11.8. The number of hydrogen-bond donors (Lipinski definition) is 2. The highest BCUT2D eigenvalue weighted by Gasteiger charge is 2.17. The molecule has 0 radical (unpaired) electrons. The first-order chi connectivity index (χ1) is 9.12. The van der Waals surface area contributed by atoms with Gasteiger partial charge in [0.05, 0.1) is 13.0 Å². The van der Waals surface area contributed by atoms with Crippen LogP contribution in [0.4, 0.5) is 4.39 Å². The summed E-state index contributed by atoms with van der Waals surface area (Å²) in [6, 6.07) is 4.69. The van der Waals surface area contributed by atoms with E-state index in [2.05, 4.69) is 5.32 Å². The van der Waals surface area contributed by atoms with Crippen LogP contribution in [0, 0.1) is 11.7 Å². The van der Waals surface area contributed by atoms with Gasteiger partial charge >= 0.3 is 0 Å². The lowest BCUT2D eigenvalue weighted by atomic mass is 9.98. The molecule has 0 saturated carbocycles. The first-order valence-electron chi connectivity index (χ1n) is 6.42. The van der Waals surface area contributed by atoms with Crippen molar-refractivity contribution in [2.45, 2.75) is 19.8 Å². The Morgan fingerprint density at radius 1 is 1.53 bits per heavy atom. The molecule has 4 nitrogen and oxygen atoms in total. The number of amides is 1. The van der Waals surface area contributed by atoms with E-state index >= 15 is 0 Å². The summed E-state index contributed by atoms with van der Waals surface area (Å²) in [5.41, 5.74) is 6.34. The van der Waals surface area contributed by atoms with E-state index in [9.17, 15) is 9.18 Å². The van der Waals surface area contributed by atoms with Crippen LogP contribution in [0.25, 0.3) is 0 Å². The Balaban J connectivity index is 2.70. The van der Waals surface area contributed by atoms with Crippen molar-refractivity contribution in [2.24, 2.45) is 11.7 Å². The summed E-state index contributed by atoms with van der Waals surface area (Å²) in [7, 11) is 1.42. The van der Waals surface area contributed by atoms with Crippen molar-refractivity contribution < 1.29 is 13.9 Å². The van der Waals surface area contributed by atoms with Crippen molar-refractivity contribution in [3.05, 3.63) is 29.6 Å². The number of halogens is 1. The van der Waals surface area contributed by atoms with E-state index in [4.69, 9.17) is 10.5 Å². The number of carbonyl (C=O) groups excluding carboxylic acids is 1. The highest BCUT2D eigenvalue weighted by atomic mass is 19.1. The summed E-state index contributed by atoms with van der Waals surface area (Å²) in [5, 5.41) is 2.80. The normalized spacial score (nSPS) is 12.0. The van der Waals surface area contributed by atoms with Gasteiger partial charge in [0.15, 0.2) is 11.6 Å². The highest BCUT2D eigenvalue weighted by Crippen LogP contribution is 2.19. The smallest absolute Gasteiger partial charge is 0.224 e. The van der Waals surface area contributed by atoms with E-state index in [-0.39, 0.29) is 24.1 Å². The lowest BCUT2D eigenvalue weighted by Crippen LogP contribution is -2.36. The van der Waals surface area contributed by atoms with Crippen LogP contribution in [0.3, 0.4) is 0 Å². The van der Waals surface area contributed by atoms with E-state index in [1.165, 1.54) is 13.2 Å². The molecule has 0 heterocycles. The van der Waals surface area contributed by atoms with Crippen molar-refractivity contribution in [3.63, 3.8) is 0 Å². The molecule has 0 aliphatic rings. The molecule has 106 valence electrons. The van der Waals surface area contributed by atoms with Gasteiger partial charge in [-0.15, -0.1) is 0 Å². The molecule has 1 aromatic rings. The number of nitrogens with one attached hydrogen (secondary N) is 1. The van der Waals surface area contributed by atoms with Crippen LogP contribution in [0.5, 0.6) is 5.75 Å². The molecule has 5 heteroatoms. The second-order valence-corrected chi connectivity index (χ2v) is 4.40. The second kappa shape index (κ2) is 7.74. The number of ether oxygens (including phenoxy) is 1. The molecule has 1 amide bonds. The Hall–Kier alpha value is -1.62. The van der Waals surface area contributed by atoms with E-state index in [1.54, 1.807) is 12.1 Å². The minimum Gasteiger partial charge on any atom is -0.494 e. The zero-order valence-corrected chi connectivity index (χ0v) is 11.4. The molecule has 0 spiro atoms. The third-order valence-corrected chi connectivity index (χ3v) is 2.90. The highest BCUT2D eigenvalue weighted by molar-refractivity contribution is 5.79. The molecule has 0 fully saturated rings. The number of carbonyl (C=O) groups is 1. The molecular formula is C14H21FN2O2. The van der Waals surface area contributed by atoms with Crippen LogP contribution in [-0.4, -0.2) is 26.1 Å². The van der Waals surface area contributed by atoms with Gasteiger partial charge in [0, 0.05) is 13.1 Å². The molecular weight excluding hydrogens is 247 g/mol. The molecule has 3 N–H and O–H groups in total.